The van der Waals surface area contributed by atoms with Crippen molar-refractivity contribution in [1.82, 2.24) is 3.93 Å². The van der Waals surface area contributed by atoms with Crippen LogP contribution in [0.1, 0.15) is 19.8 Å². The van der Waals surface area contributed by atoms with Crippen molar-refractivity contribution in [2.45, 2.75) is 25.8 Å². The van der Waals surface area contributed by atoms with Crippen molar-refractivity contribution < 1.29 is 0 Å². The van der Waals surface area contributed by atoms with E-state index in [4.69, 9.17) is 0 Å². The Morgan fingerprint density at radius 1 is 1.71 bits per heavy atom. The molecule has 1 fully saturated rings. The van der Waals surface area contributed by atoms with Crippen LogP contribution in [0, 0.1) is 0 Å². The van der Waals surface area contributed by atoms with Crippen LogP contribution in [0.2, 0.25) is 0 Å². The van der Waals surface area contributed by atoms with Gasteiger partial charge in [-0.15, -0.1) is 0 Å². The molecule has 1 saturated heterocycles. The van der Waals surface area contributed by atoms with E-state index in [0.29, 0.717) is 0 Å². The quantitative estimate of drug-likeness (QED) is 0.493. The van der Waals surface area contributed by atoms with E-state index in [9.17, 15) is 0 Å². The number of nitrogens with zero attached hydrogens (tertiary/aromatic N) is 1. The second-order valence-corrected chi connectivity index (χ2v) is 3.03. The molecule has 1 unspecified atom stereocenters. The molecule has 1 rings (SSSR count). The maximum atomic E-state index is 3.44. The minimum atomic E-state index is 0.764. The summed E-state index contributed by atoms with van der Waals surface area (Å²) in [6.45, 7) is 3.46. The predicted molar refractivity (Wildman–Crippen MR) is 34.3 cm³/mol. The highest BCUT2D eigenvalue weighted by Gasteiger charge is 2.16. The van der Waals surface area contributed by atoms with Gasteiger partial charge in [-0.1, -0.05) is 0 Å². The van der Waals surface area contributed by atoms with Crippen molar-refractivity contribution >= 4 is 16.1 Å². The molecule has 42 valence electrons. The molecule has 0 aromatic heterocycles. The van der Waals surface area contributed by atoms with Gasteiger partial charge >= 0.3 is 0 Å². The summed E-state index contributed by atoms with van der Waals surface area (Å²) in [6.07, 6.45) is 2.71. The molecule has 0 spiro atoms. The molecule has 0 aliphatic carbocycles. The van der Waals surface area contributed by atoms with Crippen LogP contribution in [-0.2, 0) is 0 Å². The average molecular weight is 164 g/mol. The van der Waals surface area contributed by atoms with E-state index in [1.807, 2.05) is 0 Å². The lowest BCUT2D eigenvalue weighted by Crippen LogP contribution is -2.13. The summed E-state index contributed by atoms with van der Waals surface area (Å²) in [5.74, 6) is 0. The minimum absolute atomic E-state index is 0.764. The average Bonchev–Trinajstić information content (AvgIpc) is 1.91. The van der Waals surface area contributed by atoms with E-state index in [2.05, 4.69) is 27.0 Å². The Morgan fingerprint density at radius 3 is 2.57 bits per heavy atom. The van der Waals surface area contributed by atoms with E-state index < -0.39 is 0 Å². The molecule has 0 aromatic carbocycles. The van der Waals surface area contributed by atoms with Crippen LogP contribution in [0.25, 0.3) is 0 Å². The number of hydrogen-bond donors (Lipinski definition) is 0. The topological polar surface area (TPSA) is 3.24 Å². The summed E-state index contributed by atoms with van der Waals surface area (Å²) in [7, 11) is 0. The van der Waals surface area contributed by atoms with Crippen molar-refractivity contribution in [3.05, 3.63) is 0 Å². The SMILES string of the molecule is CC1CCCN1Br. The standard InChI is InChI=1S/C5H10BrN/c1-5-3-2-4-7(5)6/h5H,2-4H2,1H3. The van der Waals surface area contributed by atoms with Crippen molar-refractivity contribution in [3.8, 4) is 0 Å². The molecular formula is C5H10BrN. The fraction of sp³-hybridized carbons (Fsp3) is 1.00. The summed E-state index contributed by atoms with van der Waals surface area (Å²) >= 11 is 3.44. The first kappa shape index (κ1) is 5.57. The van der Waals surface area contributed by atoms with E-state index in [1.54, 1.807) is 0 Å². The molecule has 1 aliphatic heterocycles. The lowest BCUT2D eigenvalue weighted by Gasteiger charge is -2.08. The predicted octanol–water partition coefficient (Wildman–Crippen LogP) is 1.78. The van der Waals surface area contributed by atoms with E-state index in [0.717, 1.165) is 6.04 Å². The van der Waals surface area contributed by atoms with Crippen molar-refractivity contribution in [1.29, 1.82) is 0 Å². The highest BCUT2D eigenvalue weighted by atomic mass is 79.9. The number of rotatable bonds is 0. The van der Waals surface area contributed by atoms with Gasteiger partial charge in [0.1, 0.15) is 0 Å². The van der Waals surface area contributed by atoms with Crippen LogP contribution in [0.3, 0.4) is 0 Å². The third kappa shape index (κ3) is 1.16. The lowest BCUT2D eigenvalue weighted by molar-refractivity contribution is 0.484. The molecule has 1 atom stereocenters. The molecule has 1 heterocycles. The first-order valence-corrected chi connectivity index (χ1v) is 3.44. The first-order chi connectivity index (χ1) is 3.30. The number of halogens is 1. The summed E-state index contributed by atoms with van der Waals surface area (Å²) < 4.78 is 2.22. The first-order valence-electron chi connectivity index (χ1n) is 2.73. The van der Waals surface area contributed by atoms with Crippen molar-refractivity contribution in [2.24, 2.45) is 0 Å². The van der Waals surface area contributed by atoms with Crippen molar-refractivity contribution in [3.63, 3.8) is 0 Å². The summed E-state index contributed by atoms with van der Waals surface area (Å²) in [6, 6.07) is 0.764. The second kappa shape index (κ2) is 2.14. The Balaban J connectivity index is 2.33. The van der Waals surface area contributed by atoms with E-state index in [1.165, 1.54) is 19.4 Å². The highest BCUT2D eigenvalue weighted by molar-refractivity contribution is 9.07. The summed E-state index contributed by atoms with van der Waals surface area (Å²) in [5, 5.41) is 0. The molecule has 0 bridgehead atoms. The van der Waals surface area contributed by atoms with Crippen LogP contribution in [0.15, 0.2) is 0 Å². The monoisotopic (exact) mass is 163 g/mol. The Labute approximate surface area is 53.0 Å². The van der Waals surface area contributed by atoms with Crippen LogP contribution in [0.5, 0.6) is 0 Å². The van der Waals surface area contributed by atoms with Gasteiger partial charge in [-0.2, -0.15) is 0 Å². The van der Waals surface area contributed by atoms with Crippen LogP contribution >= 0.6 is 16.1 Å². The molecular weight excluding hydrogens is 154 g/mol. The largest absolute Gasteiger partial charge is 0.240 e. The van der Waals surface area contributed by atoms with Gasteiger partial charge in [0.2, 0.25) is 0 Å². The van der Waals surface area contributed by atoms with Gasteiger partial charge in [0.25, 0.3) is 0 Å². The number of hydrogen-bond acceptors (Lipinski definition) is 1. The Morgan fingerprint density at radius 2 is 2.43 bits per heavy atom. The van der Waals surface area contributed by atoms with Crippen LogP contribution in [0.4, 0.5) is 0 Å². The third-order valence-corrected chi connectivity index (χ3v) is 2.53. The molecule has 0 aromatic rings. The van der Waals surface area contributed by atoms with Crippen LogP contribution in [-0.4, -0.2) is 16.5 Å². The van der Waals surface area contributed by atoms with E-state index >= 15 is 0 Å². The molecule has 2 heteroatoms. The molecule has 0 saturated carbocycles. The fourth-order valence-corrected chi connectivity index (χ4v) is 1.35. The Hall–Kier alpha value is 0.440. The lowest BCUT2D eigenvalue weighted by atomic mass is 10.3. The smallest absolute Gasteiger partial charge is 0.0177 e. The normalized spacial score (nSPS) is 34.3. The van der Waals surface area contributed by atoms with Gasteiger partial charge in [-0.25, -0.2) is 3.93 Å². The molecule has 0 radical (unpaired) electrons. The van der Waals surface area contributed by atoms with Crippen LogP contribution < -0.4 is 0 Å². The fourth-order valence-electron chi connectivity index (χ4n) is 0.898. The van der Waals surface area contributed by atoms with Gasteiger partial charge in [-0.3, -0.25) is 0 Å². The molecule has 1 aliphatic rings. The Kier molecular flexibility index (Phi) is 1.70. The zero-order chi connectivity index (χ0) is 5.28. The second-order valence-electron chi connectivity index (χ2n) is 2.11. The molecule has 7 heavy (non-hydrogen) atoms. The molecule has 0 N–H and O–H groups in total. The van der Waals surface area contributed by atoms with Crippen molar-refractivity contribution in [2.75, 3.05) is 6.54 Å². The zero-order valence-electron chi connectivity index (χ0n) is 4.52. The Bertz CT molecular complexity index is 57.1. The zero-order valence-corrected chi connectivity index (χ0v) is 6.11. The highest BCUT2D eigenvalue weighted by Crippen LogP contribution is 2.18. The third-order valence-electron chi connectivity index (χ3n) is 1.47. The van der Waals surface area contributed by atoms with E-state index in [-0.39, 0.29) is 0 Å². The summed E-state index contributed by atoms with van der Waals surface area (Å²) in [4.78, 5) is 0. The maximum Gasteiger partial charge on any atom is 0.0177 e. The molecule has 1 nitrogen and oxygen atoms in total. The van der Waals surface area contributed by atoms with Gasteiger partial charge in [0.15, 0.2) is 0 Å². The summed E-state index contributed by atoms with van der Waals surface area (Å²) in [5.41, 5.74) is 0. The molecule has 0 amide bonds. The van der Waals surface area contributed by atoms with Gasteiger partial charge in [-0.05, 0) is 19.8 Å². The van der Waals surface area contributed by atoms with Gasteiger partial charge in [0.05, 0.1) is 0 Å². The minimum Gasteiger partial charge on any atom is -0.240 e. The van der Waals surface area contributed by atoms with Gasteiger partial charge < -0.3 is 0 Å². The maximum absolute atomic E-state index is 3.44. The van der Waals surface area contributed by atoms with Gasteiger partial charge in [0, 0.05) is 28.7 Å².